The van der Waals surface area contributed by atoms with Gasteiger partial charge >= 0.3 is 0 Å². The highest BCUT2D eigenvalue weighted by atomic mass is 32.2. The molecule has 102 valence electrons. The predicted octanol–water partition coefficient (Wildman–Crippen LogP) is 0.00550. The third-order valence-corrected chi connectivity index (χ3v) is 2.75. The highest BCUT2D eigenvalue weighted by molar-refractivity contribution is 7.87. The van der Waals surface area contributed by atoms with Gasteiger partial charge in [0.2, 0.25) is 5.75 Å². The zero-order chi connectivity index (χ0) is 13.8. The molecule has 18 heavy (non-hydrogen) atoms. The average Bonchev–Trinajstić information content (AvgIpc) is 2.33. The summed E-state index contributed by atoms with van der Waals surface area (Å²) < 4.78 is 39.2. The zero-order valence-corrected chi connectivity index (χ0v) is 11.2. The van der Waals surface area contributed by atoms with Crippen LogP contribution in [0.15, 0.2) is 12.1 Å². The molecule has 0 amide bonds. The van der Waals surface area contributed by atoms with Crippen molar-refractivity contribution in [2.75, 3.05) is 21.3 Å². The van der Waals surface area contributed by atoms with Crippen molar-refractivity contribution in [1.29, 1.82) is 0 Å². The predicted molar refractivity (Wildman–Crippen MR) is 66.0 cm³/mol. The van der Waals surface area contributed by atoms with Crippen LogP contribution in [-0.4, -0.2) is 29.7 Å². The Hall–Kier alpha value is -1.51. The molecule has 0 atom stereocenters. The molecule has 0 radical (unpaired) electrons. The molecule has 3 N–H and O–H groups in total. The van der Waals surface area contributed by atoms with E-state index in [-0.39, 0.29) is 6.54 Å². The van der Waals surface area contributed by atoms with Crippen LogP contribution in [-0.2, 0) is 16.8 Å². The van der Waals surface area contributed by atoms with E-state index in [9.17, 15) is 8.42 Å². The van der Waals surface area contributed by atoms with E-state index in [4.69, 9.17) is 19.3 Å². The molecule has 0 saturated heterocycles. The molecule has 0 aromatic heterocycles. The second kappa shape index (κ2) is 5.89. The van der Waals surface area contributed by atoms with Crippen molar-refractivity contribution in [2.24, 2.45) is 5.14 Å². The lowest BCUT2D eigenvalue weighted by atomic mass is 10.2. The van der Waals surface area contributed by atoms with Crippen LogP contribution in [0.2, 0.25) is 0 Å². The van der Waals surface area contributed by atoms with Gasteiger partial charge in [-0.05, 0) is 17.7 Å². The van der Waals surface area contributed by atoms with Crippen molar-refractivity contribution < 1.29 is 22.6 Å². The van der Waals surface area contributed by atoms with Crippen LogP contribution in [0.25, 0.3) is 0 Å². The first-order chi connectivity index (χ1) is 8.41. The SMILES string of the molecule is COc1cc(CNS(N)(=O)=O)cc(OC)c1OC. The van der Waals surface area contributed by atoms with E-state index in [0.717, 1.165) is 0 Å². The number of benzene rings is 1. The highest BCUT2D eigenvalue weighted by Gasteiger charge is 2.13. The van der Waals surface area contributed by atoms with Gasteiger partial charge < -0.3 is 14.2 Å². The number of hydrogen-bond donors (Lipinski definition) is 2. The average molecular weight is 276 g/mol. The van der Waals surface area contributed by atoms with Crippen molar-refractivity contribution in [2.45, 2.75) is 6.54 Å². The summed E-state index contributed by atoms with van der Waals surface area (Å²) in [6.45, 7) is 0.0372. The van der Waals surface area contributed by atoms with Crippen LogP contribution in [0.4, 0.5) is 0 Å². The zero-order valence-electron chi connectivity index (χ0n) is 10.4. The molecule has 7 nitrogen and oxygen atoms in total. The van der Waals surface area contributed by atoms with Crippen LogP contribution in [0.5, 0.6) is 17.2 Å². The molecule has 0 fully saturated rings. The summed E-state index contributed by atoms with van der Waals surface area (Å²) in [5.74, 6) is 1.34. The summed E-state index contributed by atoms with van der Waals surface area (Å²) in [5, 5.41) is 4.85. The maximum atomic E-state index is 10.8. The Labute approximate surface area is 106 Å². The molecule has 0 heterocycles. The lowest BCUT2D eigenvalue weighted by Crippen LogP contribution is -2.30. The molecule has 0 aliphatic rings. The summed E-state index contributed by atoms with van der Waals surface area (Å²) in [5.41, 5.74) is 0.638. The topological polar surface area (TPSA) is 99.9 Å². The fraction of sp³-hybridized carbons (Fsp3) is 0.400. The van der Waals surface area contributed by atoms with Gasteiger partial charge in [0.25, 0.3) is 10.2 Å². The van der Waals surface area contributed by atoms with Crippen molar-refractivity contribution in [3.63, 3.8) is 0 Å². The number of methoxy groups -OCH3 is 3. The molecular weight excluding hydrogens is 260 g/mol. The second-order valence-electron chi connectivity index (χ2n) is 3.40. The second-order valence-corrected chi connectivity index (χ2v) is 4.78. The van der Waals surface area contributed by atoms with Crippen LogP contribution in [0.1, 0.15) is 5.56 Å². The van der Waals surface area contributed by atoms with E-state index in [1.807, 2.05) is 0 Å². The van der Waals surface area contributed by atoms with Gasteiger partial charge in [0, 0.05) is 6.54 Å². The number of hydrogen-bond acceptors (Lipinski definition) is 5. The van der Waals surface area contributed by atoms with Crippen molar-refractivity contribution in [1.82, 2.24) is 4.72 Å². The number of rotatable bonds is 6. The van der Waals surface area contributed by atoms with Gasteiger partial charge in [-0.2, -0.15) is 13.1 Å². The van der Waals surface area contributed by atoms with Gasteiger partial charge in [-0.3, -0.25) is 0 Å². The molecule has 0 saturated carbocycles. The molecule has 0 bridgehead atoms. The van der Waals surface area contributed by atoms with E-state index in [2.05, 4.69) is 4.72 Å². The summed E-state index contributed by atoms with van der Waals surface area (Å²) in [4.78, 5) is 0. The molecule has 8 heteroatoms. The van der Waals surface area contributed by atoms with E-state index in [1.54, 1.807) is 12.1 Å². The lowest BCUT2D eigenvalue weighted by Gasteiger charge is -2.14. The normalized spacial score (nSPS) is 11.1. The fourth-order valence-corrected chi connectivity index (χ4v) is 1.79. The molecule has 0 aliphatic heterocycles. The Morgan fingerprint density at radius 1 is 1.11 bits per heavy atom. The van der Waals surface area contributed by atoms with Crippen LogP contribution < -0.4 is 24.1 Å². The Bertz CT molecular complexity index is 490. The lowest BCUT2D eigenvalue weighted by molar-refractivity contribution is 0.323. The summed E-state index contributed by atoms with van der Waals surface area (Å²) in [7, 11) is 0.709. The molecule has 0 aliphatic carbocycles. The van der Waals surface area contributed by atoms with Gasteiger partial charge in [-0.25, -0.2) is 5.14 Å². The maximum absolute atomic E-state index is 10.8. The minimum Gasteiger partial charge on any atom is -0.493 e. The van der Waals surface area contributed by atoms with E-state index >= 15 is 0 Å². The van der Waals surface area contributed by atoms with Gasteiger partial charge in [0.1, 0.15) is 0 Å². The number of ether oxygens (including phenoxy) is 3. The summed E-state index contributed by atoms with van der Waals surface area (Å²) in [6.07, 6.45) is 0. The molecule has 0 unspecified atom stereocenters. The number of nitrogens with two attached hydrogens (primary N) is 1. The summed E-state index contributed by atoms with van der Waals surface area (Å²) in [6, 6.07) is 3.28. The fourth-order valence-electron chi connectivity index (χ4n) is 1.42. The van der Waals surface area contributed by atoms with E-state index in [1.165, 1.54) is 21.3 Å². The largest absolute Gasteiger partial charge is 0.493 e. The third kappa shape index (κ3) is 3.76. The molecule has 1 aromatic carbocycles. The van der Waals surface area contributed by atoms with Gasteiger partial charge in [-0.1, -0.05) is 0 Å². The van der Waals surface area contributed by atoms with Crippen LogP contribution in [0.3, 0.4) is 0 Å². The molecular formula is C10H16N2O5S. The van der Waals surface area contributed by atoms with E-state index < -0.39 is 10.2 Å². The molecule has 1 rings (SSSR count). The first kappa shape index (κ1) is 14.6. The summed E-state index contributed by atoms with van der Waals surface area (Å²) >= 11 is 0. The Balaban J connectivity index is 3.07. The minimum atomic E-state index is -3.74. The standard InChI is InChI=1S/C10H16N2O5S/c1-15-8-4-7(6-12-18(11,13)14)5-9(16-2)10(8)17-3/h4-5,12H,6H2,1-3H3,(H2,11,13,14). The Morgan fingerprint density at radius 2 is 1.61 bits per heavy atom. The minimum absolute atomic E-state index is 0.0372. The maximum Gasteiger partial charge on any atom is 0.274 e. The van der Waals surface area contributed by atoms with E-state index in [0.29, 0.717) is 22.8 Å². The monoisotopic (exact) mass is 276 g/mol. The first-order valence-corrected chi connectivity index (χ1v) is 6.52. The van der Waals surface area contributed by atoms with Gasteiger partial charge in [-0.15, -0.1) is 0 Å². The van der Waals surface area contributed by atoms with Crippen molar-refractivity contribution in [3.05, 3.63) is 17.7 Å². The Kier molecular flexibility index (Phi) is 4.76. The van der Waals surface area contributed by atoms with Crippen molar-refractivity contribution >= 4 is 10.2 Å². The Morgan fingerprint density at radius 3 is 1.94 bits per heavy atom. The van der Waals surface area contributed by atoms with Crippen molar-refractivity contribution in [3.8, 4) is 17.2 Å². The van der Waals surface area contributed by atoms with Gasteiger partial charge in [0.05, 0.1) is 21.3 Å². The van der Waals surface area contributed by atoms with Crippen LogP contribution >= 0.6 is 0 Å². The molecule has 0 spiro atoms. The first-order valence-electron chi connectivity index (χ1n) is 4.97. The van der Waals surface area contributed by atoms with Crippen LogP contribution in [0, 0.1) is 0 Å². The quantitative estimate of drug-likeness (QED) is 0.762. The third-order valence-electron chi connectivity index (χ3n) is 2.20. The highest BCUT2D eigenvalue weighted by Crippen LogP contribution is 2.38. The van der Waals surface area contributed by atoms with Gasteiger partial charge in [0.15, 0.2) is 11.5 Å². The molecule has 1 aromatic rings. The number of nitrogens with one attached hydrogen (secondary N) is 1. The smallest absolute Gasteiger partial charge is 0.274 e.